The number of nitrogens with one attached hydrogen (secondary N) is 2. The Hall–Kier alpha value is -2.51. The molecule has 0 radical (unpaired) electrons. The van der Waals surface area contributed by atoms with E-state index in [0.717, 1.165) is 12.1 Å². The Morgan fingerprint density at radius 2 is 1.84 bits per heavy atom. The Labute approximate surface area is 143 Å². The van der Waals surface area contributed by atoms with Gasteiger partial charge in [0.15, 0.2) is 0 Å². The van der Waals surface area contributed by atoms with E-state index in [9.17, 15) is 22.8 Å². The molecule has 0 fully saturated rings. The number of urea groups is 1. The molecule has 25 heavy (non-hydrogen) atoms. The third-order valence-corrected chi connectivity index (χ3v) is 3.64. The van der Waals surface area contributed by atoms with Gasteiger partial charge in [-0.1, -0.05) is 19.1 Å². The van der Waals surface area contributed by atoms with E-state index in [-0.39, 0.29) is 11.7 Å². The van der Waals surface area contributed by atoms with Crippen molar-refractivity contribution in [2.45, 2.75) is 45.5 Å². The second-order valence-electron chi connectivity index (χ2n) is 5.85. The van der Waals surface area contributed by atoms with Crippen molar-refractivity contribution in [3.05, 3.63) is 46.7 Å². The molecule has 5 nitrogen and oxygen atoms in total. The molecule has 0 spiro atoms. The average molecular weight is 356 g/mol. The molecule has 1 heterocycles. The lowest BCUT2D eigenvalue weighted by Gasteiger charge is -2.29. The van der Waals surface area contributed by atoms with Gasteiger partial charge in [-0.15, -0.1) is 0 Å². The van der Waals surface area contributed by atoms with Crippen molar-refractivity contribution >= 4 is 12.0 Å². The molecular formula is C17H19F3N2O3. The van der Waals surface area contributed by atoms with E-state index in [4.69, 9.17) is 4.74 Å². The smallest absolute Gasteiger partial charge is 0.416 e. The number of alkyl halides is 3. The van der Waals surface area contributed by atoms with E-state index in [0.29, 0.717) is 17.7 Å². The zero-order chi connectivity index (χ0) is 18.8. The van der Waals surface area contributed by atoms with Crippen LogP contribution >= 0.6 is 0 Å². The molecule has 136 valence electrons. The van der Waals surface area contributed by atoms with Crippen molar-refractivity contribution in [1.29, 1.82) is 0 Å². The highest BCUT2D eigenvalue weighted by atomic mass is 19.4. The molecule has 1 atom stereocenters. The SMILES string of the molecule is CCC1=C(C(=O)OC(C)C)C(c2ccc(C(F)(F)F)cc2)NC(=O)N1. The van der Waals surface area contributed by atoms with E-state index in [1.807, 2.05) is 0 Å². The number of carbonyl (C=O) groups excluding carboxylic acids is 2. The van der Waals surface area contributed by atoms with Crippen molar-refractivity contribution in [2.75, 3.05) is 0 Å². The van der Waals surface area contributed by atoms with Gasteiger partial charge in [0.1, 0.15) is 0 Å². The molecule has 0 saturated heterocycles. The fourth-order valence-corrected chi connectivity index (χ4v) is 2.53. The molecule has 8 heteroatoms. The van der Waals surface area contributed by atoms with Gasteiger partial charge in [0.25, 0.3) is 0 Å². The Balaban J connectivity index is 2.44. The molecular weight excluding hydrogens is 337 g/mol. The molecule has 2 amide bonds. The lowest BCUT2D eigenvalue weighted by molar-refractivity contribution is -0.143. The summed E-state index contributed by atoms with van der Waals surface area (Å²) in [5, 5.41) is 5.12. The summed E-state index contributed by atoms with van der Waals surface area (Å²) in [5.74, 6) is -0.621. The summed E-state index contributed by atoms with van der Waals surface area (Å²) in [5.41, 5.74) is 0.141. The minimum atomic E-state index is -4.46. The fourth-order valence-electron chi connectivity index (χ4n) is 2.53. The number of hydrogen-bond donors (Lipinski definition) is 2. The van der Waals surface area contributed by atoms with Gasteiger partial charge in [-0.2, -0.15) is 13.2 Å². The molecule has 0 saturated carbocycles. The number of benzene rings is 1. The van der Waals surface area contributed by atoms with Crippen LogP contribution in [0.15, 0.2) is 35.5 Å². The van der Waals surface area contributed by atoms with Crippen LogP contribution in [0.5, 0.6) is 0 Å². The molecule has 1 unspecified atom stereocenters. The van der Waals surface area contributed by atoms with Gasteiger partial charge in [0.2, 0.25) is 0 Å². The number of ether oxygens (including phenoxy) is 1. The van der Waals surface area contributed by atoms with E-state index in [1.165, 1.54) is 12.1 Å². The highest BCUT2D eigenvalue weighted by Gasteiger charge is 2.35. The topological polar surface area (TPSA) is 67.4 Å². The zero-order valence-electron chi connectivity index (χ0n) is 14.0. The monoisotopic (exact) mass is 356 g/mol. The third-order valence-electron chi connectivity index (χ3n) is 3.64. The van der Waals surface area contributed by atoms with Crippen LogP contribution in [-0.2, 0) is 15.7 Å². The summed E-state index contributed by atoms with van der Waals surface area (Å²) < 4.78 is 43.4. The molecule has 1 aromatic rings. The summed E-state index contributed by atoms with van der Waals surface area (Å²) in [6, 6.07) is 2.92. The first kappa shape index (κ1) is 18.8. The summed E-state index contributed by atoms with van der Waals surface area (Å²) in [7, 11) is 0. The molecule has 1 aliphatic rings. The first-order valence-corrected chi connectivity index (χ1v) is 7.82. The molecule has 0 bridgehead atoms. The standard InChI is InChI=1S/C17H19F3N2O3/c1-4-12-13(15(23)25-9(2)3)14(22-16(24)21-12)10-5-7-11(8-6-10)17(18,19)20/h5-9,14H,4H2,1-3H3,(H2,21,22,24). The predicted octanol–water partition coefficient (Wildman–Crippen LogP) is 3.68. The molecule has 2 N–H and O–H groups in total. The highest BCUT2D eigenvalue weighted by Crippen LogP contribution is 2.33. The Morgan fingerprint density at radius 3 is 2.32 bits per heavy atom. The van der Waals surface area contributed by atoms with Crippen molar-refractivity contribution in [3.8, 4) is 0 Å². The second kappa shape index (κ2) is 7.16. The Morgan fingerprint density at radius 1 is 1.24 bits per heavy atom. The minimum absolute atomic E-state index is 0.190. The largest absolute Gasteiger partial charge is 0.459 e. The minimum Gasteiger partial charge on any atom is -0.459 e. The van der Waals surface area contributed by atoms with Gasteiger partial charge < -0.3 is 15.4 Å². The maximum Gasteiger partial charge on any atom is 0.416 e. The average Bonchev–Trinajstić information content (AvgIpc) is 2.52. The quantitative estimate of drug-likeness (QED) is 0.809. The van der Waals surface area contributed by atoms with Gasteiger partial charge in [0, 0.05) is 5.70 Å². The van der Waals surface area contributed by atoms with E-state index < -0.39 is 29.8 Å². The summed E-state index contributed by atoms with van der Waals surface area (Å²) in [4.78, 5) is 24.3. The fraction of sp³-hybridized carbons (Fsp3) is 0.412. The summed E-state index contributed by atoms with van der Waals surface area (Å²) >= 11 is 0. The van der Waals surface area contributed by atoms with Crippen LogP contribution < -0.4 is 10.6 Å². The van der Waals surface area contributed by atoms with Crippen LogP contribution in [0.4, 0.5) is 18.0 Å². The van der Waals surface area contributed by atoms with Gasteiger partial charge in [-0.05, 0) is 38.0 Å². The lowest BCUT2D eigenvalue weighted by atomic mass is 9.93. The Kier molecular flexibility index (Phi) is 5.39. The number of halogens is 3. The van der Waals surface area contributed by atoms with Crippen molar-refractivity contribution in [2.24, 2.45) is 0 Å². The number of rotatable bonds is 4. The second-order valence-corrected chi connectivity index (χ2v) is 5.85. The van der Waals surface area contributed by atoms with Gasteiger partial charge in [-0.3, -0.25) is 0 Å². The first-order chi connectivity index (χ1) is 11.6. The number of carbonyl (C=O) groups is 2. The predicted molar refractivity (Wildman–Crippen MR) is 84.4 cm³/mol. The molecule has 0 aliphatic carbocycles. The summed E-state index contributed by atoms with van der Waals surface area (Å²) in [6.07, 6.45) is -4.46. The molecule has 1 aromatic carbocycles. The van der Waals surface area contributed by atoms with Crippen LogP contribution in [0.3, 0.4) is 0 Å². The van der Waals surface area contributed by atoms with Crippen LogP contribution in [-0.4, -0.2) is 18.1 Å². The molecule has 0 aromatic heterocycles. The van der Waals surface area contributed by atoms with E-state index in [1.54, 1.807) is 20.8 Å². The maximum absolute atomic E-state index is 12.7. The van der Waals surface area contributed by atoms with Crippen LogP contribution in [0.25, 0.3) is 0 Å². The number of allylic oxidation sites excluding steroid dienone is 1. The van der Waals surface area contributed by atoms with E-state index in [2.05, 4.69) is 10.6 Å². The van der Waals surface area contributed by atoms with Crippen LogP contribution in [0.2, 0.25) is 0 Å². The molecule has 2 rings (SSSR count). The van der Waals surface area contributed by atoms with Crippen molar-refractivity contribution in [3.63, 3.8) is 0 Å². The Bertz CT molecular complexity index is 694. The highest BCUT2D eigenvalue weighted by molar-refractivity contribution is 5.95. The van der Waals surface area contributed by atoms with Crippen molar-refractivity contribution < 1.29 is 27.5 Å². The summed E-state index contributed by atoms with van der Waals surface area (Å²) in [6.45, 7) is 5.13. The van der Waals surface area contributed by atoms with Gasteiger partial charge in [0.05, 0.1) is 23.3 Å². The first-order valence-electron chi connectivity index (χ1n) is 7.82. The van der Waals surface area contributed by atoms with Crippen LogP contribution in [0.1, 0.15) is 44.4 Å². The van der Waals surface area contributed by atoms with Gasteiger partial charge >= 0.3 is 18.2 Å². The normalized spacial score (nSPS) is 18.0. The maximum atomic E-state index is 12.7. The van der Waals surface area contributed by atoms with Crippen LogP contribution in [0, 0.1) is 0 Å². The van der Waals surface area contributed by atoms with Crippen molar-refractivity contribution in [1.82, 2.24) is 10.6 Å². The zero-order valence-corrected chi connectivity index (χ0v) is 14.0. The molecule has 1 aliphatic heterocycles. The third kappa shape index (κ3) is 4.32. The lowest BCUT2D eigenvalue weighted by Crippen LogP contribution is -2.46. The van der Waals surface area contributed by atoms with Gasteiger partial charge in [-0.25, -0.2) is 9.59 Å². The van der Waals surface area contributed by atoms with E-state index >= 15 is 0 Å². The number of amides is 2. The number of hydrogen-bond acceptors (Lipinski definition) is 3. The number of esters is 1.